The van der Waals surface area contributed by atoms with E-state index < -0.39 is 0 Å². The lowest BCUT2D eigenvalue weighted by Crippen LogP contribution is -2.32. The van der Waals surface area contributed by atoms with E-state index in [1.54, 1.807) is 12.3 Å². The maximum absolute atomic E-state index is 8.61. The van der Waals surface area contributed by atoms with Crippen LogP contribution in [-0.2, 0) is 0 Å². The molecule has 0 unspecified atom stereocenters. The molecule has 0 bridgehead atoms. The zero-order valence-corrected chi connectivity index (χ0v) is 16.5. The van der Waals surface area contributed by atoms with Gasteiger partial charge in [0.25, 0.3) is 0 Å². The fraction of sp³-hybridized carbons (Fsp3) is 0.882. The van der Waals surface area contributed by atoms with Crippen LogP contribution in [0.15, 0.2) is 12.7 Å². The molecule has 0 aliphatic heterocycles. The minimum atomic E-state index is 0.236. The molecular formula is C17H42N2OS. The Hall–Kier alpha value is -0.0300. The highest BCUT2D eigenvalue weighted by Gasteiger charge is 1.99. The van der Waals surface area contributed by atoms with Crippen LogP contribution >= 0.6 is 12.6 Å². The van der Waals surface area contributed by atoms with E-state index in [1.165, 1.54) is 0 Å². The molecule has 132 valence electrons. The number of aliphatic hydroxyl groups is 1. The van der Waals surface area contributed by atoms with Crippen LogP contribution in [0.5, 0.6) is 0 Å². The van der Waals surface area contributed by atoms with E-state index in [9.17, 15) is 0 Å². The van der Waals surface area contributed by atoms with Crippen LogP contribution in [0.25, 0.3) is 0 Å². The predicted molar refractivity (Wildman–Crippen MR) is 103 cm³/mol. The Morgan fingerprint density at radius 3 is 1.67 bits per heavy atom. The fourth-order valence-electron chi connectivity index (χ4n) is 0.976. The summed E-state index contributed by atoms with van der Waals surface area (Å²) >= 11 is 3.53. The van der Waals surface area contributed by atoms with Gasteiger partial charge in [0.2, 0.25) is 0 Å². The van der Waals surface area contributed by atoms with Crippen molar-refractivity contribution in [3.63, 3.8) is 0 Å². The molecule has 0 heterocycles. The summed E-state index contributed by atoms with van der Waals surface area (Å²) in [5.41, 5.74) is 5.37. The molecule has 0 fully saturated rings. The van der Waals surface area contributed by atoms with Gasteiger partial charge in [0.15, 0.2) is 0 Å². The molecular weight excluding hydrogens is 280 g/mol. The Kier molecular flexibility index (Phi) is 39.0. The maximum atomic E-state index is 8.61. The average Bonchev–Trinajstić information content (AvgIpc) is 2.43. The topological polar surface area (TPSA) is 49.5 Å². The van der Waals surface area contributed by atoms with Gasteiger partial charge in [-0.15, -0.1) is 6.58 Å². The summed E-state index contributed by atoms with van der Waals surface area (Å²) in [6, 6.07) is 0. The third kappa shape index (κ3) is 38.3. The van der Waals surface area contributed by atoms with Crippen molar-refractivity contribution in [2.75, 3.05) is 39.0 Å². The van der Waals surface area contributed by atoms with Crippen molar-refractivity contribution in [3.05, 3.63) is 12.7 Å². The number of hydrogen-bond acceptors (Lipinski definition) is 4. The zero-order chi connectivity index (χ0) is 17.7. The Balaban J connectivity index is -0.000000112. The van der Waals surface area contributed by atoms with Crippen LogP contribution in [0.3, 0.4) is 0 Å². The largest absolute Gasteiger partial charge is 0.395 e. The average molecular weight is 323 g/mol. The highest BCUT2D eigenvalue weighted by atomic mass is 32.1. The van der Waals surface area contributed by atoms with Gasteiger partial charge in [-0.05, 0) is 38.0 Å². The lowest BCUT2D eigenvalue weighted by Gasteiger charge is -2.18. The van der Waals surface area contributed by atoms with Crippen LogP contribution in [0.1, 0.15) is 48.0 Å². The maximum Gasteiger partial charge on any atom is 0.0558 e. The third-order valence-electron chi connectivity index (χ3n) is 2.73. The SMILES string of the molecule is C=CC.CC(C)C(C)C.CCCN(CCN)CCO.CS. The first-order valence-corrected chi connectivity index (χ1v) is 8.85. The monoisotopic (exact) mass is 322 g/mol. The first-order valence-electron chi connectivity index (χ1n) is 7.96. The van der Waals surface area contributed by atoms with Gasteiger partial charge in [-0.1, -0.05) is 40.7 Å². The van der Waals surface area contributed by atoms with Crippen LogP contribution in [0.2, 0.25) is 0 Å². The summed E-state index contributed by atoms with van der Waals surface area (Å²) in [4.78, 5) is 2.17. The first kappa shape index (κ1) is 29.0. The molecule has 0 saturated heterocycles. The molecule has 0 aliphatic rings. The Morgan fingerprint density at radius 2 is 1.48 bits per heavy atom. The van der Waals surface area contributed by atoms with Crippen molar-refractivity contribution in [1.82, 2.24) is 4.90 Å². The van der Waals surface area contributed by atoms with E-state index in [2.05, 4.69) is 58.7 Å². The summed E-state index contributed by atoms with van der Waals surface area (Å²) in [6.45, 7) is 19.9. The molecule has 0 radical (unpaired) electrons. The highest BCUT2D eigenvalue weighted by molar-refractivity contribution is 7.79. The van der Waals surface area contributed by atoms with Crippen molar-refractivity contribution < 1.29 is 5.11 Å². The van der Waals surface area contributed by atoms with Crippen LogP contribution in [0, 0.1) is 11.8 Å². The smallest absolute Gasteiger partial charge is 0.0558 e. The minimum absolute atomic E-state index is 0.236. The van der Waals surface area contributed by atoms with Crippen molar-refractivity contribution in [1.29, 1.82) is 0 Å². The molecule has 0 aliphatic carbocycles. The Morgan fingerprint density at radius 1 is 1.10 bits per heavy atom. The van der Waals surface area contributed by atoms with Gasteiger partial charge in [0, 0.05) is 19.6 Å². The minimum Gasteiger partial charge on any atom is -0.395 e. The number of nitrogens with zero attached hydrogens (tertiary/aromatic N) is 1. The molecule has 0 rings (SSSR count). The predicted octanol–water partition coefficient (Wildman–Crippen LogP) is 3.69. The summed E-state index contributed by atoms with van der Waals surface area (Å²) in [6.07, 6.45) is 4.57. The number of aliphatic hydroxyl groups excluding tert-OH is 1. The van der Waals surface area contributed by atoms with Crippen molar-refractivity contribution in [2.45, 2.75) is 48.0 Å². The van der Waals surface area contributed by atoms with Gasteiger partial charge in [0.1, 0.15) is 0 Å². The second-order valence-corrected chi connectivity index (χ2v) is 5.25. The summed E-state index contributed by atoms with van der Waals surface area (Å²) in [5, 5.41) is 8.61. The first-order chi connectivity index (χ1) is 9.90. The number of thiol groups is 1. The highest BCUT2D eigenvalue weighted by Crippen LogP contribution is 2.05. The molecule has 3 nitrogen and oxygen atoms in total. The second-order valence-electron chi connectivity index (χ2n) is 5.25. The second kappa shape index (κ2) is 28.2. The number of hydrogen-bond donors (Lipinski definition) is 3. The van der Waals surface area contributed by atoms with Gasteiger partial charge in [-0.25, -0.2) is 0 Å². The van der Waals surface area contributed by atoms with Crippen LogP contribution in [-0.4, -0.2) is 49.0 Å². The molecule has 0 atom stereocenters. The third-order valence-corrected chi connectivity index (χ3v) is 2.73. The molecule has 0 aromatic carbocycles. The summed E-state index contributed by atoms with van der Waals surface area (Å²) < 4.78 is 0. The standard InChI is InChI=1S/C7H18N2O.C6H14.C3H6.CH4S/c1-2-4-9(5-3-8)6-7-10;1-5(2)6(3)4;1-3-2;1-2/h10H,2-8H2,1H3;5-6H,1-4H3;3H,1H2,2H3;2H,1H3. The normalized spacial score (nSPS) is 9.19. The van der Waals surface area contributed by atoms with E-state index >= 15 is 0 Å². The number of nitrogens with two attached hydrogens (primary N) is 1. The Bertz CT molecular complexity index is 145. The van der Waals surface area contributed by atoms with Crippen molar-refractivity contribution in [2.24, 2.45) is 17.6 Å². The van der Waals surface area contributed by atoms with Gasteiger partial charge in [-0.3, -0.25) is 4.90 Å². The van der Waals surface area contributed by atoms with E-state index in [-0.39, 0.29) is 6.61 Å². The summed E-state index contributed by atoms with van der Waals surface area (Å²) in [5.74, 6) is 1.70. The molecule has 0 saturated carbocycles. The molecule has 0 amide bonds. The molecule has 4 heteroatoms. The van der Waals surface area contributed by atoms with Gasteiger partial charge in [0.05, 0.1) is 6.61 Å². The van der Waals surface area contributed by atoms with E-state index in [0.29, 0.717) is 6.54 Å². The fourth-order valence-corrected chi connectivity index (χ4v) is 0.976. The van der Waals surface area contributed by atoms with Crippen LogP contribution in [0.4, 0.5) is 0 Å². The number of allylic oxidation sites excluding steroid dienone is 1. The number of rotatable bonds is 7. The van der Waals surface area contributed by atoms with E-state index in [1.807, 2.05) is 6.92 Å². The van der Waals surface area contributed by atoms with Gasteiger partial charge < -0.3 is 10.8 Å². The Labute approximate surface area is 140 Å². The summed E-state index contributed by atoms with van der Waals surface area (Å²) in [7, 11) is 0. The quantitative estimate of drug-likeness (QED) is 0.495. The van der Waals surface area contributed by atoms with E-state index in [4.69, 9.17) is 10.8 Å². The molecule has 3 N–H and O–H groups in total. The molecule has 21 heavy (non-hydrogen) atoms. The molecule has 0 spiro atoms. The lowest BCUT2D eigenvalue weighted by molar-refractivity contribution is 0.199. The van der Waals surface area contributed by atoms with Crippen molar-refractivity contribution >= 4 is 12.6 Å². The zero-order valence-electron chi connectivity index (χ0n) is 15.6. The van der Waals surface area contributed by atoms with Crippen LogP contribution < -0.4 is 5.73 Å². The van der Waals surface area contributed by atoms with E-state index in [0.717, 1.165) is 37.9 Å². The van der Waals surface area contributed by atoms with Gasteiger partial charge >= 0.3 is 0 Å². The lowest BCUT2D eigenvalue weighted by atomic mass is 10.0. The molecule has 0 aromatic heterocycles. The van der Waals surface area contributed by atoms with Gasteiger partial charge in [-0.2, -0.15) is 12.6 Å². The van der Waals surface area contributed by atoms with Crippen molar-refractivity contribution in [3.8, 4) is 0 Å². The molecule has 0 aromatic rings.